The van der Waals surface area contributed by atoms with E-state index in [2.05, 4.69) is 53.3 Å². The molecule has 1 atom stereocenters. The summed E-state index contributed by atoms with van der Waals surface area (Å²) in [5.74, 6) is 0. The fraction of sp³-hybridized carbons (Fsp3) is 0.375. The van der Waals surface area contributed by atoms with Crippen LogP contribution in [0.1, 0.15) is 21.6 Å². The zero-order valence-electron chi connectivity index (χ0n) is 11.3. The third-order valence-electron chi connectivity index (χ3n) is 3.81. The molecular formula is C16H20N2S. The van der Waals surface area contributed by atoms with E-state index in [-0.39, 0.29) is 0 Å². The van der Waals surface area contributed by atoms with E-state index in [1.165, 1.54) is 21.6 Å². The average molecular weight is 272 g/mol. The van der Waals surface area contributed by atoms with Crippen molar-refractivity contribution < 1.29 is 0 Å². The smallest absolute Gasteiger partial charge is 0.0303 e. The van der Waals surface area contributed by atoms with Gasteiger partial charge in [0, 0.05) is 30.6 Å². The maximum atomic E-state index is 3.61. The number of thiophene rings is 1. The molecule has 1 aromatic carbocycles. The van der Waals surface area contributed by atoms with Crippen molar-refractivity contribution in [1.29, 1.82) is 0 Å². The highest BCUT2D eigenvalue weighted by atomic mass is 32.1. The lowest BCUT2D eigenvalue weighted by atomic mass is 9.96. The second-order valence-corrected chi connectivity index (χ2v) is 6.21. The van der Waals surface area contributed by atoms with Gasteiger partial charge < -0.3 is 10.6 Å². The Bertz CT molecular complexity index is 547. The first-order chi connectivity index (χ1) is 9.33. The van der Waals surface area contributed by atoms with E-state index in [9.17, 15) is 0 Å². The van der Waals surface area contributed by atoms with E-state index in [1.54, 1.807) is 0 Å². The van der Waals surface area contributed by atoms with Gasteiger partial charge in [-0.15, -0.1) is 11.3 Å². The molecule has 19 heavy (non-hydrogen) atoms. The minimum Gasteiger partial charge on any atom is -0.310 e. The topological polar surface area (TPSA) is 24.1 Å². The Hall–Kier alpha value is -1.16. The van der Waals surface area contributed by atoms with Crippen molar-refractivity contribution in [3.8, 4) is 0 Å². The maximum absolute atomic E-state index is 3.61. The maximum Gasteiger partial charge on any atom is 0.0303 e. The SMILES string of the molecule is Cc1ccsc1CNCC1Cc2ccccc2CN1. The third-order valence-corrected chi connectivity index (χ3v) is 4.83. The van der Waals surface area contributed by atoms with Gasteiger partial charge in [0.2, 0.25) is 0 Å². The van der Waals surface area contributed by atoms with E-state index < -0.39 is 0 Å². The van der Waals surface area contributed by atoms with Crippen LogP contribution in [0.25, 0.3) is 0 Å². The largest absolute Gasteiger partial charge is 0.310 e. The quantitative estimate of drug-likeness (QED) is 0.894. The summed E-state index contributed by atoms with van der Waals surface area (Å²) in [5, 5.41) is 9.36. The molecule has 2 heterocycles. The summed E-state index contributed by atoms with van der Waals surface area (Å²) < 4.78 is 0. The standard InChI is InChI=1S/C16H20N2S/c1-12-6-7-19-16(12)11-17-10-15-8-13-4-2-3-5-14(13)9-18-15/h2-7,15,17-18H,8-11H2,1H3. The summed E-state index contributed by atoms with van der Waals surface area (Å²) in [7, 11) is 0. The Kier molecular flexibility index (Phi) is 3.97. The van der Waals surface area contributed by atoms with Gasteiger partial charge in [-0.25, -0.2) is 0 Å². The molecule has 2 aromatic rings. The van der Waals surface area contributed by atoms with Gasteiger partial charge in [-0.05, 0) is 41.5 Å². The van der Waals surface area contributed by atoms with Crippen molar-refractivity contribution in [3.05, 3.63) is 57.3 Å². The Morgan fingerprint density at radius 2 is 2.11 bits per heavy atom. The van der Waals surface area contributed by atoms with Crippen molar-refractivity contribution in [1.82, 2.24) is 10.6 Å². The van der Waals surface area contributed by atoms with Gasteiger partial charge in [-0.2, -0.15) is 0 Å². The molecule has 100 valence electrons. The molecule has 0 bridgehead atoms. The number of hydrogen-bond donors (Lipinski definition) is 2. The number of aryl methyl sites for hydroxylation is 1. The lowest BCUT2D eigenvalue weighted by molar-refractivity contribution is 0.448. The number of hydrogen-bond acceptors (Lipinski definition) is 3. The molecule has 2 nitrogen and oxygen atoms in total. The molecule has 0 amide bonds. The van der Waals surface area contributed by atoms with Crippen LogP contribution in [-0.2, 0) is 19.5 Å². The molecule has 1 aliphatic heterocycles. The first-order valence-corrected chi connectivity index (χ1v) is 7.75. The highest BCUT2D eigenvalue weighted by molar-refractivity contribution is 7.10. The van der Waals surface area contributed by atoms with Crippen LogP contribution in [0, 0.1) is 6.92 Å². The molecule has 3 rings (SSSR count). The Labute approximate surface area is 118 Å². The van der Waals surface area contributed by atoms with Crippen molar-refractivity contribution in [2.24, 2.45) is 0 Å². The molecule has 0 fully saturated rings. The second kappa shape index (κ2) is 5.87. The van der Waals surface area contributed by atoms with E-state index in [0.29, 0.717) is 6.04 Å². The van der Waals surface area contributed by atoms with Crippen LogP contribution < -0.4 is 10.6 Å². The Morgan fingerprint density at radius 1 is 1.26 bits per heavy atom. The van der Waals surface area contributed by atoms with Crippen LogP contribution in [0.15, 0.2) is 35.7 Å². The lowest BCUT2D eigenvalue weighted by Crippen LogP contribution is -2.42. The van der Waals surface area contributed by atoms with Crippen LogP contribution in [0.4, 0.5) is 0 Å². The van der Waals surface area contributed by atoms with Crippen molar-refractivity contribution in [2.45, 2.75) is 32.5 Å². The minimum absolute atomic E-state index is 0.551. The van der Waals surface area contributed by atoms with Crippen LogP contribution >= 0.6 is 11.3 Å². The Balaban J connectivity index is 1.51. The molecule has 0 saturated carbocycles. The zero-order valence-corrected chi connectivity index (χ0v) is 12.1. The molecule has 0 aliphatic carbocycles. The van der Waals surface area contributed by atoms with Gasteiger partial charge in [-0.1, -0.05) is 24.3 Å². The zero-order chi connectivity index (χ0) is 13.1. The van der Waals surface area contributed by atoms with Crippen molar-refractivity contribution in [2.75, 3.05) is 6.54 Å². The predicted molar refractivity (Wildman–Crippen MR) is 81.5 cm³/mol. The monoisotopic (exact) mass is 272 g/mol. The molecular weight excluding hydrogens is 252 g/mol. The normalized spacial score (nSPS) is 18.3. The number of rotatable bonds is 4. The third kappa shape index (κ3) is 3.06. The lowest BCUT2D eigenvalue weighted by Gasteiger charge is -2.26. The van der Waals surface area contributed by atoms with Crippen LogP contribution in [0.3, 0.4) is 0 Å². The van der Waals surface area contributed by atoms with Gasteiger partial charge >= 0.3 is 0 Å². The summed E-state index contributed by atoms with van der Waals surface area (Å²) in [6, 6.07) is 11.5. The van der Waals surface area contributed by atoms with Crippen molar-refractivity contribution in [3.63, 3.8) is 0 Å². The fourth-order valence-corrected chi connectivity index (χ4v) is 3.49. The first kappa shape index (κ1) is 12.9. The van der Waals surface area contributed by atoms with Gasteiger partial charge in [-0.3, -0.25) is 0 Å². The molecule has 0 spiro atoms. The van der Waals surface area contributed by atoms with Crippen LogP contribution in [-0.4, -0.2) is 12.6 Å². The van der Waals surface area contributed by atoms with E-state index >= 15 is 0 Å². The summed E-state index contributed by atoms with van der Waals surface area (Å²) >= 11 is 1.84. The van der Waals surface area contributed by atoms with Crippen LogP contribution in [0.5, 0.6) is 0 Å². The summed E-state index contributed by atoms with van der Waals surface area (Å²) in [6.07, 6.45) is 1.13. The number of benzene rings is 1. The van der Waals surface area contributed by atoms with Crippen LogP contribution in [0.2, 0.25) is 0 Å². The molecule has 0 radical (unpaired) electrons. The molecule has 1 aromatic heterocycles. The van der Waals surface area contributed by atoms with Gasteiger partial charge in [0.25, 0.3) is 0 Å². The fourth-order valence-electron chi connectivity index (χ4n) is 2.61. The van der Waals surface area contributed by atoms with E-state index in [0.717, 1.165) is 26.1 Å². The van der Waals surface area contributed by atoms with Crippen molar-refractivity contribution >= 4 is 11.3 Å². The molecule has 3 heteroatoms. The highest BCUT2D eigenvalue weighted by Crippen LogP contribution is 2.17. The predicted octanol–water partition coefficient (Wildman–Crippen LogP) is 2.86. The average Bonchev–Trinajstić information content (AvgIpc) is 2.84. The summed E-state index contributed by atoms with van der Waals surface area (Å²) in [4.78, 5) is 1.45. The minimum atomic E-state index is 0.551. The second-order valence-electron chi connectivity index (χ2n) is 5.21. The Morgan fingerprint density at radius 3 is 2.89 bits per heavy atom. The molecule has 1 unspecified atom stereocenters. The van der Waals surface area contributed by atoms with E-state index in [4.69, 9.17) is 0 Å². The number of nitrogens with one attached hydrogen (secondary N) is 2. The molecule has 1 aliphatic rings. The molecule has 2 N–H and O–H groups in total. The van der Waals surface area contributed by atoms with Gasteiger partial charge in [0.1, 0.15) is 0 Å². The van der Waals surface area contributed by atoms with E-state index in [1.807, 2.05) is 11.3 Å². The number of fused-ring (bicyclic) bond motifs is 1. The molecule has 0 saturated heterocycles. The first-order valence-electron chi connectivity index (χ1n) is 6.87. The summed E-state index contributed by atoms with van der Waals surface area (Å²) in [5.41, 5.74) is 4.35. The highest BCUT2D eigenvalue weighted by Gasteiger charge is 2.16. The van der Waals surface area contributed by atoms with Gasteiger partial charge in [0.05, 0.1) is 0 Å². The van der Waals surface area contributed by atoms with Gasteiger partial charge in [0.15, 0.2) is 0 Å². The summed E-state index contributed by atoms with van der Waals surface area (Å²) in [6.45, 7) is 5.21.